The van der Waals surface area contributed by atoms with Crippen LogP contribution in [-0.2, 0) is 21.0 Å². The number of benzene rings is 3. The molecule has 1 aliphatic heterocycles. The molecule has 0 unspecified atom stereocenters. The van der Waals surface area contributed by atoms with Crippen molar-refractivity contribution in [3.63, 3.8) is 0 Å². The number of nitro groups is 2. The van der Waals surface area contributed by atoms with Gasteiger partial charge in [-0.3, -0.25) is 25.0 Å². The number of aliphatic hydroxyl groups excluding tert-OH is 2. The van der Waals surface area contributed by atoms with Crippen molar-refractivity contribution in [2.75, 3.05) is 26.9 Å². The lowest BCUT2D eigenvalue weighted by atomic mass is 9.55. The number of non-ortho nitro benzene ring substituents is 2. The van der Waals surface area contributed by atoms with Crippen molar-refractivity contribution < 1.29 is 43.9 Å². The Bertz CT molecular complexity index is 2190. The summed E-state index contributed by atoms with van der Waals surface area (Å²) in [6.45, 7) is 4.27. The molecule has 15 nitrogen and oxygen atoms in total. The van der Waals surface area contributed by atoms with Crippen molar-refractivity contribution in [3.05, 3.63) is 122 Å². The molecule has 6 atom stereocenters. The highest BCUT2D eigenvalue weighted by atomic mass is 16.7. The highest BCUT2D eigenvalue weighted by Crippen LogP contribution is 2.62. The number of fused-ring (bicyclic) bond motifs is 2. The van der Waals surface area contributed by atoms with Gasteiger partial charge < -0.3 is 34.2 Å². The summed E-state index contributed by atoms with van der Waals surface area (Å²) in [5, 5.41) is 47.7. The molecule has 2 saturated carbocycles. The van der Waals surface area contributed by atoms with Gasteiger partial charge in [0.2, 0.25) is 11.7 Å². The Morgan fingerprint density at radius 2 is 1.66 bits per heavy atom. The molecular weight excluding hydrogens is 821 g/mol. The van der Waals surface area contributed by atoms with E-state index in [1.165, 1.54) is 37.1 Å². The van der Waals surface area contributed by atoms with Gasteiger partial charge in [-0.1, -0.05) is 61.9 Å². The number of carbonyl (C=O) groups is 1. The zero-order chi connectivity index (χ0) is 45.2. The summed E-state index contributed by atoms with van der Waals surface area (Å²) < 4.78 is 20.6. The van der Waals surface area contributed by atoms with E-state index >= 15 is 0 Å². The van der Waals surface area contributed by atoms with Crippen molar-refractivity contribution in [2.24, 2.45) is 28.8 Å². The Kier molecular flexibility index (Phi) is 15.5. The average molecular weight is 881 g/mol. The lowest BCUT2D eigenvalue weighted by Gasteiger charge is -2.59. The normalized spacial score (nSPS) is 24.2. The molecule has 2 fully saturated rings. The van der Waals surface area contributed by atoms with Crippen molar-refractivity contribution in [1.29, 1.82) is 0 Å². The van der Waals surface area contributed by atoms with Crippen LogP contribution in [0.2, 0.25) is 0 Å². The maximum atomic E-state index is 14.4. The summed E-state index contributed by atoms with van der Waals surface area (Å²) in [5.41, 5.74) is 2.91. The standard InChI is InChI=1S/C49H60N4O11/c1-3-27-61-49-45(51(2)46(56)24-19-33-11-4-5-12-33)31-43(50-62-32-34-17-20-36(21-18-34)52(57)58)41-28-35(13-6-8-25-54)40(16-7-9-26-55)47(48(41)49)42-30-39(22-23-44(42)64-49)63-38-15-10-14-37(29-38)53(59)60/h3,10,14-15,17-18,20-23,28-30,33,35,40,45,47-48,54-55H,1,4-9,11-13,16,19,24-27,31-32H2,2H3/t35-,40+,45-,47+,48+,49+/m0/s1. The maximum Gasteiger partial charge on any atom is 0.273 e. The van der Waals surface area contributed by atoms with Gasteiger partial charge in [0.05, 0.1) is 34.1 Å². The second-order valence-electron chi connectivity index (χ2n) is 17.5. The SMILES string of the molecule is C=CCO[C@@]12Oc3ccc(Oc4cccc([N+](=O)[O-])c4)cc3[C@H]3[C@H](CCCCO)[C@@H](CCCCO)C=C(C(=NOCc4ccc([N+](=O)[O-])cc4)C[C@@H]1N(C)C(=O)CCC1CCCC1)[C@H]32. The van der Waals surface area contributed by atoms with E-state index in [0.29, 0.717) is 53.7 Å². The largest absolute Gasteiger partial charge is 0.459 e. The monoisotopic (exact) mass is 880 g/mol. The van der Waals surface area contributed by atoms with Crippen LogP contribution in [0.4, 0.5) is 11.4 Å². The summed E-state index contributed by atoms with van der Waals surface area (Å²) in [5.74, 6) is -0.482. The predicted octanol–water partition coefficient (Wildman–Crippen LogP) is 9.56. The first-order valence-corrected chi connectivity index (χ1v) is 22.7. The fraction of sp³-hybridized carbons (Fsp3) is 0.510. The smallest absolute Gasteiger partial charge is 0.273 e. The predicted molar refractivity (Wildman–Crippen MR) is 240 cm³/mol. The second-order valence-corrected chi connectivity index (χ2v) is 17.5. The number of nitro benzene ring substituents is 2. The number of unbranched alkanes of at least 4 members (excludes halogenated alkanes) is 2. The Hall–Kier alpha value is -5.64. The van der Waals surface area contributed by atoms with Gasteiger partial charge >= 0.3 is 0 Å². The first-order valence-electron chi connectivity index (χ1n) is 22.7. The highest BCUT2D eigenvalue weighted by Gasteiger charge is 2.65. The zero-order valence-electron chi connectivity index (χ0n) is 36.6. The summed E-state index contributed by atoms with van der Waals surface area (Å²) in [6.07, 6.45) is 14.2. The Balaban J connectivity index is 1.37. The Morgan fingerprint density at radius 1 is 0.938 bits per heavy atom. The van der Waals surface area contributed by atoms with E-state index in [4.69, 9.17) is 24.2 Å². The summed E-state index contributed by atoms with van der Waals surface area (Å²) in [4.78, 5) is 44.4. The molecule has 0 radical (unpaired) electrons. The molecular formula is C49H60N4O11. The van der Waals surface area contributed by atoms with Gasteiger partial charge in [0.25, 0.3) is 11.4 Å². The summed E-state index contributed by atoms with van der Waals surface area (Å²) >= 11 is 0. The number of hydrogen-bond acceptors (Lipinski definition) is 12. The van der Waals surface area contributed by atoms with E-state index in [-0.39, 0.29) is 67.9 Å². The third kappa shape index (κ3) is 10.3. The van der Waals surface area contributed by atoms with Crippen molar-refractivity contribution in [2.45, 2.75) is 108 Å². The topological polar surface area (TPSA) is 196 Å². The van der Waals surface area contributed by atoms with Crippen LogP contribution < -0.4 is 9.47 Å². The number of ether oxygens (including phenoxy) is 3. The first-order chi connectivity index (χ1) is 31.1. The van der Waals surface area contributed by atoms with Crippen LogP contribution in [0.15, 0.2) is 96.2 Å². The molecule has 3 aromatic carbocycles. The zero-order valence-corrected chi connectivity index (χ0v) is 36.6. The number of hydrogen-bond donors (Lipinski definition) is 2. The number of rotatable bonds is 22. The van der Waals surface area contributed by atoms with E-state index in [1.807, 2.05) is 19.2 Å². The van der Waals surface area contributed by atoms with Gasteiger partial charge in [0.15, 0.2) is 0 Å². The van der Waals surface area contributed by atoms with Crippen molar-refractivity contribution in [3.8, 4) is 17.2 Å². The van der Waals surface area contributed by atoms with Gasteiger partial charge in [-0.25, -0.2) is 0 Å². The molecule has 15 heteroatoms. The molecule has 3 aromatic rings. The number of carbonyl (C=O) groups excluding carboxylic acids is 1. The molecule has 1 heterocycles. The lowest BCUT2D eigenvalue weighted by molar-refractivity contribution is -0.385. The molecule has 0 spiro atoms. The van der Waals surface area contributed by atoms with E-state index in [2.05, 4.69) is 12.7 Å². The average Bonchev–Trinajstić information content (AvgIpc) is 3.83. The highest BCUT2D eigenvalue weighted by molar-refractivity contribution is 6.03. The van der Waals surface area contributed by atoms with E-state index in [0.717, 1.165) is 56.1 Å². The van der Waals surface area contributed by atoms with Gasteiger partial charge in [0.1, 0.15) is 29.9 Å². The molecule has 2 N–H and O–H groups in total. The van der Waals surface area contributed by atoms with Crippen LogP contribution in [0.5, 0.6) is 17.2 Å². The number of nitrogens with zero attached hydrogens (tertiary/aromatic N) is 4. The molecule has 7 rings (SSSR count). The number of aliphatic hydroxyl groups is 2. The quantitative estimate of drug-likeness (QED) is 0.0422. The minimum atomic E-state index is -1.42. The van der Waals surface area contributed by atoms with Gasteiger partial charge in [0, 0.05) is 62.8 Å². The maximum absolute atomic E-state index is 14.4. The molecule has 0 bridgehead atoms. The number of likely N-dealkylation sites (N-methyl/N-ethyl adjacent to an activating group) is 1. The molecule has 64 heavy (non-hydrogen) atoms. The molecule has 1 amide bonds. The number of amides is 1. The minimum absolute atomic E-state index is 0.00640. The summed E-state index contributed by atoms with van der Waals surface area (Å²) in [6, 6.07) is 17.0. The first kappa shape index (κ1) is 46.4. The van der Waals surface area contributed by atoms with Crippen LogP contribution in [0, 0.1) is 43.9 Å². The minimum Gasteiger partial charge on any atom is -0.459 e. The fourth-order valence-corrected chi connectivity index (χ4v) is 10.5. The van der Waals surface area contributed by atoms with Crippen LogP contribution in [-0.4, -0.2) is 75.3 Å². The van der Waals surface area contributed by atoms with E-state index in [1.54, 1.807) is 41.3 Å². The molecule has 3 aliphatic carbocycles. The van der Waals surface area contributed by atoms with Gasteiger partial charge in [-0.2, -0.15) is 0 Å². The third-order valence-electron chi connectivity index (χ3n) is 13.6. The molecule has 0 saturated heterocycles. The summed E-state index contributed by atoms with van der Waals surface area (Å²) in [7, 11) is 1.81. The molecule has 4 aliphatic rings. The third-order valence-corrected chi connectivity index (χ3v) is 13.6. The van der Waals surface area contributed by atoms with Crippen LogP contribution >= 0.6 is 0 Å². The van der Waals surface area contributed by atoms with Gasteiger partial charge in [-0.15, -0.1) is 6.58 Å². The Labute approximate surface area is 374 Å². The fourth-order valence-electron chi connectivity index (χ4n) is 10.5. The Morgan fingerprint density at radius 3 is 2.36 bits per heavy atom. The number of allylic oxidation sites excluding steroid dienone is 1. The molecule has 0 aromatic heterocycles. The van der Waals surface area contributed by atoms with E-state index < -0.39 is 27.6 Å². The van der Waals surface area contributed by atoms with Crippen LogP contribution in [0.1, 0.15) is 101 Å². The van der Waals surface area contributed by atoms with Gasteiger partial charge in [-0.05, 0) is 97.4 Å². The van der Waals surface area contributed by atoms with E-state index in [9.17, 15) is 35.2 Å². The number of oxime groups is 1. The van der Waals surface area contributed by atoms with Crippen LogP contribution in [0.25, 0.3) is 0 Å². The lowest BCUT2D eigenvalue weighted by Crippen LogP contribution is -2.69. The molecule has 342 valence electrons. The second kappa shape index (κ2) is 21.4. The van der Waals surface area contributed by atoms with Crippen molar-refractivity contribution in [1.82, 2.24) is 4.90 Å². The van der Waals surface area contributed by atoms with Crippen LogP contribution in [0.3, 0.4) is 0 Å². The van der Waals surface area contributed by atoms with Crippen molar-refractivity contribution >= 4 is 23.0 Å².